The molecule has 0 heterocycles. The van der Waals surface area contributed by atoms with Crippen molar-refractivity contribution in [2.45, 2.75) is 19.3 Å². The minimum atomic E-state index is -0.110. The molecular weight excluding hydrogens is 689 g/mol. The van der Waals surface area contributed by atoms with Gasteiger partial charge >= 0.3 is 0 Å². The maximum atomic E-state index is 2.41. The molecule has 0 unspecified atom stereocenters. The normalized spacial score (nSPS) is 12.5. The molecule has 2 heteroatoms. The fourth-order valence-electron chi connectivity index (χ4n) is 8.82. The molecule has 0 saturated carbocycles. The molecule has 10 rings (SSSR count). The SMILES string of the molecule is CC1(C)c2ccccc2-c2ccc(N(c3ccc(-c4ccccc4)cc3)c3ccc(N(c4ccccc4)c4ccc5ccccc5c4-c4ccccc4)cc3)cc21. The summed E-state index contributed by atoms with van der Waals surface area (Å²) in [4.78, 5) is 4.79. The van der Waals surface area contributed by atoms with Crippen molar-refractivity contribution in [3.05, 3.63) is 230 Å². The summed E-state index contributed by atoms with van der Waals surface area (Å²) >= 11 is 0. The predicted molar refractivity (Wildman–Crippen MR) is 242 cm³/mol. The second kappa shape index (κ2) is 14.2. The summed E-state index contributed by atoms with van der Waals surface area (Å²) in [6, 6.07) is 79.2. The number of hydrogen-bond acceptors (Lipinski definition) is 2. The molecule has 0 saturated heterocycles. The van der Waals surface area contributed by atoms with Gasteiger partial charge in [0.05, 0.1) is 5.69 Å². The highest BCUT2D eigenvalue weighted by atomic mass is 15.2. The van der Waals surface area contributed by atoms with Crippen LogP contribution in [0, 0.1) is 0 Å². The van der Waals surface area contributed by atoms with Crippen LogP contribution in [0.3, 0.4) is 0 Å². The number of rotatable bonds is 8. The van der Waals surface area contributed by atoms with Crippen LogP contribution in [0.2, 0.25) is 0 Å². The first kappa shape index (κ1) is 34.3. The van der Waals surface area contributed by atoms with E-state index in [9.17, 15) is 0 Å². The molecule has 0 N–H and O–H groups in total. The van der Waals surface area contributed by atoms with E-state index in [1.165, 1.54) is 55.3 Å². The van der Waals surface area contributed by atoms with Gasteiger partial charge in [-0.3, -0.25) is 0 Å². The summed E-state index contributed by atoms with van der Waals surface area (Å²) in [5, 5.41) is 2.45. The molecule has 0 atom stereocenters. The molecule has 272 valence electrons. The summed E-state index contributed by atoms with van der Waals surface area (Å²) in [6.07, 6.45) is 0. The van der Waals surface area contributed by atoms with Crippen molar-refractivity contribution in [1.29, 1.82) is 0 Å². The Bertz CT molecular complexity index is 2840. The zero-order valence-electron chi connectivity index (χ0n) is 32.2. The van der Waals surface area contributed by atoms with Gasteiger partial charge in [0.25, 0.3) is 0 Å². The van der Waals surface area contributed by atoms with Crippen molar-refractivity contribution in [2.75, 3.05) is 9.80 Å². The Morgan fingerprint density at radius 2 is 0.825 bits per heavy atom. The highest BCUT2D eigenvalue weighted by Crippen LogP contribution is 2.51. The van der Waals surface area contributed by atoms with Gasteiger partial charge in [-0.15, -0.1) is 0 Å². The smallest absolute Gasteiger partial charge is 0.0546 e. The van der Waals surface area contributed by atoms with E-state index in [0.29, 0.717) is 0 Å². The first-order valence-corrected chi connectivity index (χ1v) is 19.8. The van der Waals surface area contributed by atoms with E-state index >= 15 is 0 Å². The molecule has 1 aliphatic rings. The van der Waals surface area contributed by atoms with Crippen LogP contribution in [-0.2, 0) is 5.41 Å². The zero-order valence-corrected chi connectivity index (χ0v) is 32.2. The average Bonchev–Trinajstić information content (AvgIpc) is 3.50. The second-order valence-corrected chi connectivity index (χ2v) is 15.4. The topological polar surface area (TPSA) is 6.48 Å². The van der Waals surface area contributed by atoms with Gasteiger partial charge in [-0.1, -0.05) is 166 Å². The van der Waals surface area contributed by atoms with Crippen molar-refractivity contribution in [3.8, 4) is 33.4 Å². The minimum Gasteiger partial charge on any atom is -0.310 e. The molecule has 1 aliphatic carbocycles. The minimum absolute atomic E-state index is 0.110. The molecular formula is C55H42N2. The molecule has 0 spiro atoms. The number of para-hydroxylation sites is 1. The van der Waals surface area contributed by atoms with Gasteiger partial charge in [0.2, 0.25) is 0 Å². The van der Waals surface area contributed by atoms with E-state index in [1.807, 2.05) is 0 Å². The molecule has 0 aliphatic heterocycles. The fourth-order valence-corrected chi connectivity index (χ4v) is 8.82. The summed E-state index contributed by atoms with van der Waals surface area (Å²) in [6.45, 7) is 4.70. The van der Waals surface area contributed by atoms with E-state index in [1.54, 1.807) is 0 Å². The van der Waals surface area contributed by atoms with E-state index in [-0.39, 0.29) is 5.41 Å². The molecule has 0 aromatic heterocycles. The quantitative estimate of drug-likeness (QED) is 0.154. The number of benzene rings is 9. The first-order chi connectivity index (χ1) is 28.0. The summed E-state index contributed by atoms with van der Waals surface area (Å²) in [5.41, 5.74) is 16.7. The van der Waals surface area contributed by atoms with E-state index < -0.39 is 0 Å². The van der Waals surface area contributed by atoms with Gasteiger partial charge < -0.3 is 9.80 Å². The molecule has 0 amide bonds. The van der Waals surface area contributed by atoms with E-state index in [2.05, 4.69) is 242 Å². The molecule has 0 bridgehead atoms. The van der Waals surface area contributed by atoms with Gasteiger partial charge in [-0.25, -0.2) is 0 Å². The van der Waals surface area contributed by atoms with Crippen molar-refractivity contribution in [1.82, 2.24) is 0 Å². The first-order valence-electron chi connectivity index (χ1n) is 19.8. The van der Waals surface area contributed by atoms with Crippen molar-refractivity contribution >= 4 is 44.9 Å². The van der Waals surface area contributed by atoms with E-state index in [4.69, 9.17) is 0 Å². The molecule has 9 aromatic rings. The van der Waals surface area contributed by atoms with Crippen molar-refractivity contribution in [3.63, 3.8) is 0 Å². The summed E-state index contributed by atoms with van der Waals surface area (Å²) < 4.78 is 0. The lowest BCUT2D eigenvalue weighted by Gasteiger charge is -2.31. The maximum absolute atomic E-state index is 2.41. The molecule has 0 fully saturated rings. The Labute approximate surface area is 335 Å². The van der Waals surface area contributed by atoms with Crippen LogP contribution >= 0.6 is 0 Å². The van der Waals surface area contributed by atoms with Gasteiger partial charge in [-0.05, 0) is 116 Å². The highest BCUT2D eigenvalue weighted by molar-refractivity contribution is 6.05. The predicted octanol–water partition coefficient (Wildman–Crippen LogP) is 15.4. The van der Waals surface area contributed by atoms with Crippen LogP contribution in [0.15, 0.2) is 218 Å². The lowest BCUT2D eigenvalue weighted by Crippen LogP contribution is -2.16. The van der Waals surface area contributed by atoms with Gasteiger partial charge in [-0.2, -0.15) is 0 Å². The van der Waals surface area contributed by atoms with Crippen molar-refractivity contribution in [2.24, 2.45) is 0 Å². The Kier molecular flexibility index (Phi) is 8.53. The maximum Gasteiger partial charge on any atom is 0.0546 e. The lowest BCUT2D eigenvalue weighted by molar-refractivity contribution is 0.660. The monoisotopic (exact) mass is 730 g/mol. The second-order valence-electron chi connectivity index (χ2n) is 15.4. The third kappa shape index (κ3) is 6.07. The number of nitrogens with zero attached hydrogens (tertiary/aromatic N) is 2. The number of anilines is 6. The van der Waals surface area contributed by atoms with Gasteiger partial charge in [0.15, 0.2) is 0 Å². The Morgan fingerprint density at radius 1 is 0.333 bits per heavy atom. The summed E-state index contributed by atoms with van der Waals surface area (Å²) in [5.74, 6) is 0. The highest BCUT2D eigenvalue weighted by Gasteiger charge is 2.35. The fraction of sp³-hybridized carbons (Fsp3) is 0.0545. The van der Waals surface area contributed by atoms with Crippen LogP contribution in [0.1, 0.15) is 25.0 Å². The third-order valence-corrected chi connectivity index (χ3v) is 11.6. The van der Waals surface area contributed by atoms with Crippen LogP contribution < -0.4 is 9.80 Å². The molecule has 2 nitrogen and oxygen atoms in total. The van der Waals surface area contributed by atoms with Gasteiger partial charge in [0.1, 0.15) is 0 Å². The Balaban J connectivity index is 1.12. The standard InChI is InChI=1S/C55H42N2/c1-55(2)51-25-15-14-24-49(51)50-36-35-47(38-52(50)55)56(44-29-26-40(27-30-44)39-16-6-3-7-17-39)45-31-33-46(34-32-45)57(43-21-10-5-11-22-43)53-37-28-41-18-12-13-23-48(41)54(53)42-19-8-4-9-20-42/h3-38H,1-2H3. The number of hydrogen-bond donors (Lipinski definition) is 0. The molecule has 57 heavy (non-hydrogen) atoms. The molecule has 9 aromatic carbocycles. The van der Waals surface area contributed by atoms with Crippen LogP contribution in [0.5, 0.6) is 0 Å². The van der Waals surface area contributed by atoms with Crippen LogP contribution in [-0.4, -0.2) is 0 Å². The van der Waals surface area contributed by atoms with Crippen LogP contribution in [0.25, 0.3) is 44.2 Å². The van der Waals surface area contributed by atoms with E-state index in [0.717, 1.165) is 34.1 Å². The average molecular weight is 731 g/mol. The Hall–Kier alpha value is -7.16. The Morgan fingerprint density at radius 3 is 1.53 bits per heavy atom. The van der Waals surface area contributed by atoms with Crippen molar-refractivity contribution < 1.29 is 0 Å². The van der Waals surface area contributed by atoms with Crippen LogP contribution in [0.4, 0.5) is 34.1 Å². The molecule has 0 radical (unpaired) electrons. The zero-order chi connectivity index (χ0) is 38.3. The van der Waals surface area contributed by atoms with Gasteiger partial charge in [0, 0.05) is 39.4 Å². The largest absolute Gasteiger partial charge is 0.310 e. The summed E-state index contributed by atoms with van der Waals surface area (Å²) in [7, 11) is 0. The third-order valence-electron chi connectivity index (χ3n) is 11.6. The lowest BCUT2D eigenvalue weighted by atomic mass is 9.82. The number of fused-ring (bicyclic) bond motifs is 4.